The zero-order chi connectivity index (χ0) is 93.0. The van der Waals surface area contributed by atoms with E-state index in [0.717, 1.165) is 78.0 Å². The fraction of sp³-hybridized carbons (Fsp3) is 0.271. The molecule has 14 aromatic rings. The van der Waals surface area contributed by atoms with Crippen molar-refractivity contribution in [3.63, 3.8) is 0 Å². The standard InChI is InChI=1S/C26H25FN6O2.C25H23FN6O2.C23H23ClFN5O2.C22H21ClFN5O2/c1-15-12-33(13-16(2)35-15)26(34)32-25-28-11-22(24(31-25)18-4-7-20(27)8-5-18)19-6-9-23-21(10-19)17(3)29-14-30-23;1-15-13-32(9-10-34-15)25(33)31-24-27-12-21(23(30-24)17-3-6-19(26)7-4-17)18-5-8-22-20(11-18)16(2)28-14-29-22;1-13-8-17(9-20(24)27-13)19-10-26-22(28-21(19)16-4-6-18(25)7-5-16)29-23(31)30-11-14(2)32-15(3)12-30;1-13-9-16(10-19(23)26-13)18-11-25-21(27-20(18)15-3-5-17(24)6-4-15)28-22(30)29-7-8-31-14(2)12-29/h4-11,14-16H,12-13H2,1-3H3,(H,28,31,32,34);3-8,11-12,14-15H,9-10,13H2,1-2H3,(H,27,30,31,33);4-10,14-15H,11-12H2,1-3H3,(H,26,28,29,31);3-6,9-11,14H,7-8,12H2,1-2H3,(H,25,27,28,30)/t15-,16+;15-;14-,15+;14-/m.1.1/s1. The van der Waals surface area contributed by atoms with Crippen LogP contribution in [0.1, 0.15) is 64.3 Å². The Kier molecular flexibility index (Phi) is 29.3. The maximum absolute atomic E-state index is 13.6. The molecule has 132 heavy (non-hydrogen) atoms. The number of pyridine rings is 2. The van der Waals surface area contributed by atoms with E-state index in [-0.39, 0.29) is 108 Å². The predicted octanol–water partition coefficient (Wildman–Crippen LogP) is 18.8. The van der Waals surface area contributed by atoms with Gasteiger partial charge in [-0.05, 0) is 237 Å². The fourth-order valence-electron chi connectivity index (χ4n) is 15.6. The summed E-state index contributed by atoms with van der Waals surface area (Å²) in [6.07, 6.45) is 9.39. The molecule has 0 aliphatic carbocycles. The van der Waals surface area contributed by atoms with Gasteiger partial charge in [0.15, 0.2) is 0 Å². The molecular formula is C96H92Cl2F4N22O8. The largest absolute Gasteiger partial charge is 0.375 e. The van der Waals surface area contributed by atoms with Gasteiger partial charge in [-0.1, -0.05) is 35.3 Å². The van der Waals surface area contributed by atoms with E-state index in [9.17, 15) is 36.7 Å². The number of fused-ring (bicyclic) bond motifs is 2. The van der Waals surface area contributed by atoms with Gasteiger partial charge < -0.3 is 38.5 Å². The molecule has 8 aromatic heterocycles. The van der Waals surface area contributed by atoms with Crippen molar-refractivity contribution in [2.45, 2.75) is 106 Å². The van der Waals surface area contributed by atoms with E-state index in [1.807, 2.05) is 118 Å². The van der Waals surface area contributed by atoms with Gasteiger partial charge in [-0.25, -0.2) is 107 Å². The lowest BCUT2D eigenvalue weighted by molar-refractivity contribution is -0.0531. The van der Waals surface area contributed by atoms with Gasteiger partial charge in [-0.15, -0.1) is 0 Å². The van der Waals surface area contributed by atoms with Gasteiger partial charge in [0.1, 0.15) is 46.2 Å². The summed E-state index contributed by atoms with van der Waals surface area (Å²) in [5.41, 5.74) is 16.0. The Morgan fingerprint density at radius 2 is 0.598 bits per heavy atom. The average Bonchev–Trinajstić information content (AvgIpc) is 0.802. The molecule has 4 N–H and O–H groups in total. The van der Waals surface area contributed by atoms with E-state index in [1.165, 1.54) is 61.2 Å². The Bertz CT molecular complexity index is 6510. The quantitative estimate of drug-likeness (QED) is 0.0652. The molecule has 676 valence electrons. The Hall–Kier alpha value is -14.2. The van der Waals surface area contributed by atoms with Crippen molar-refractivity contribution in [1.29, 1.82) is 0 Å². The summed E-state index contributed by atoms with van der Waals surface area (Å²) in [5, 5.41) is 13.6. The number of nitrogens with one attached hydrogen (secondary N) is 4. The molecule has 6 atom stereocenters. The van der Waals surface area contributed by atoms with Crippen molar-refractivity contribution in [2.75, 3.05) is 86.8 Å². The second kappa shape index (κ2) is 41.7. The molecular weight excluding hydrogens is 1740 g/mol. The summed E-state index contributed by atoms with van der Waals surface area (Å²) in [4.78, 5) is 119. The minimum atomic E-state index is -0.351. The highest BCUT2D eigenvalue weighted by Gasteiger charge is 2.31. The van der Waals surface area contributed by atoms with Crippen LogP contribution in [0.15, 0.2) is 195 Å². The number of amides is 8. The summed E-state index contributed by atoms with van der Waals surface area (Å²) < 4.78 is 76.7. The van der Waals surface area contributed by atoms with E-state index in [4.69, 9.17) is 42.1 Å². The Morgan fingerprint density at radius 3 is 0.886 bits per heavy atom. The fourth-order valence-corrected chi connectivity index (χ4v) is 16.1. The minimum absolute atomic E-state index is 0.0297. The summed E-state index contributed by atoms with van der Waals surface area (Å²) in [6, 6.07) is 41.8. The lowest BCUT2D eigenvalue weighted by Gasteiger charge is -2.35. The number of nitrogens with zero attached hydrogens (tertiary/aromatic N) is 18. The highest BCUT2D eigenvalue weighted by atomic mass is 35.5. The van der Waals surface area contributed by atoms with Gasteiger partial charge in [0.05, 0.1) is 83.6 Å². The van der Waals surface area contributed by atoms with E-state index in [0.29, 0.717) is 132 Å². The van der Waals surface area contributed by atoms with Crippen molar-refractivity contribution < 1.29 is 55.7 Å². The molecule has 36 heteroatoms. The molecule has 6 aromatic carbocycles. The Labute approximate surface area is 767 Å². The monoisotopic (exact) mass is 1830 g/mol. The van der Waals surface area contributed by atoms with Gasteiger partial charge in [0.2, 0.25) is 23.8 Å². The number of halogens is 6. The van der Waals surface area contributed by atoms with Crippen LogP contribution >= 0.6 is 23.2 Å². The van der Waals surface area contributed by atoms with Gasteiger partial charge in [0.25, 0.3) is 0 Å². The highest BCUT2D eigenvalue weighted by molar-refractivity contribution is 6.30. The second-order valence-electron chi connectivity index (χ2n) is 32.2. The number of morpholine rings is 4. The summed E-state index contributed by atoms with van der Waals surface area (Å²) >= 11 is 12.3. The van der Waals surface area contributed by atoms with Gasteiger partial charge in [0, 0.05) is 155 Å². The minimum Gasteiger partial charge on any atom is -0.375 e. The number of hydrogen-bond donors (Lipinski definition) is 4. The average molecular weight is 1830 g/mol. The number of aryl methyl sites for hydroxylation is 4. The second-order valence-corrected chi connectivity index (χ2v) is 32.9. The van der Waals surface area contributed by atoms with E-state index in [1.54, 1.807) is 105 Å². The van der Waals surface area contributed by atoms with Gasteiger partial charge in [-0.3, -0.25) is 21.3 Å². The van der Waals surface area contributed by atoms with Crippen LogP contribution in [-0.4, -0.2) is 216 Å². The van der Waals surface area contributed by atoms with Crippen LogP contribution in [0.3, 0.4) is 0 Å². The first kappa shape index (κ1) is 92.6. The number of carbonyl (C=O) groups is 4. The van der Waals surface area contributed by atoms with Gasteiger partial charge in [-0.2, -0.15) is 0 Å². The van der Waals surface area contributed by atoms with E-state index >= 15 is 0 Å². The lowest BCUT2D eigenvalue weighted by Crippen LogP contribution is -2.49. The maximum Gasteiger partial charge on any atom is 0.324 e. The van der Waals surface area contributed by atoms with Crippen LogP contribution < -0.4 is 21.3 Å². The molecule has 0 spiro atoms. The normalized spacial score (nSPS) is 17.2. The Morgan fingerprint density at radius 1 is 0.326 bits per heavy atom. The smallest absolute Gasteiger partial charge is 0.324 e. The SMILES string of the molecule is Cc1cc(-c2cnc(NC(=O)N3CCO[C@H](C)C3)nc2-c2ccc(F)cc2)cc(Cl)n1.Cc1cc(-c2cnc(NC(=O)N3C[C@@H](C)O[C@@H](C)C3)nc2-c2ccc(F)cc2)cc(Cl)n1.Cc1ncnc2ccc(-c3cnc(NC(=O)N4CCO[C@H](C)C4)nc3-c3ccc(F)cc3)cc12.Cc1ncnc2ccc(-c3cnc(NC(=O)N4C[C@@H](C)O[C@@H](C)C4)nc3-c3ccc(F)cc3)cc12. The number of aromatic nitrogens is 14. The third kappa shape index (κ3) is 23.3. The molecule has 0 radical (unpaired) electrons. The third-order valence-electron chi connectivity index (χ3n) is 21.7. The van der Waals surface area contributed by atoms with Crippen molar-refractivity contribution >= 4 is 92.9 Å². The zero-order valence-electron chi connectivity index (χ0n) is 73.6. The molecule has 0 saturated carbocycles. The molecule has 12 heterocycles. The third-order valence-corrected chi connectivity index (χ3v) is 22.1. The number of ether oxygens (including phenoxy) is 4. The Balaban J connectivity index is 0.000000135. The molecule has 30 nitrogen and oxygen atoms in total. The first-order valence-electron chi connectivity index (χ1n) is 42.5. The molecule has 4 fully saturated rings. The van der Waals surface area contributed by atoms with Crippen LogP contribution in [0.2, 0.25) is 10.3 Å². The first-order chi connectivity index (χ1) is 63.5. The van der Waals surface area contributed by atoms with Crippen molar-refractivity contribution in [3.8, 4) is 89.5 Å². The van der Waals surface area contributed by atoms with Crippen molar-refractivity contribution in [2.24, 2.45) is 0 Å². The number of hydrogen-bond acceptors (Lipinski definition) is 22. The number of anilines is 4. The number of benzene rings is 6. The van der Waals surface area contributed by atoms with Crippen LogP contribution in [-0.2, 0) is 18.9 Å². The highest BCUT2D eigenvalue weighted by Crippen LogP contribution is 2.39. The van der Waals surface area contributed by atoms with Crippen molar-refractivity contribution in [1.82, 2.24) is 89.4 Å². The van der Waals surface area contributed by atoms with Crippen LogP contribution in [0.5, 0.6) is 0 Å². The topological polar surface area (TPSA) is 347 Å². The summed E-state index contributed by atoms with van der Waals surface area (Å²) in [5.74, 6) is -0.725. The number of urea groups is 4. The summed E-state index contributed by atoms with van der Waals surface area (Å²) in [7, 11) is 0. The molecule has 18 rings (SSSR count). The molecule has 4 aliphatic heterocycles. The summed E-state index contributed by atoms with van der Waals surface area (Å²) in [6.45, 7) is 24.0. The van der Waals surface area contributed by atoms with Crippen molar-refractivity contribution in [3.05, 3.63) is 252 Å². The molecule has 8 amide bonds. The zero-order valence-corrected chi connectivity index (χ0v) is 75.1. The molecule has 4 saturated heterocycles. The number of carbonyl (C=O) groups excluding carboxylic acids is 4. The predicted molar refractivity (Wildman–Crippen MR) is 495 cm³/mol. The molecule has 0 unspecified atom stereocenters. The maximum atomic E-state index is 13.6. The van der Waals surface area contributed by atoms with Crippen LogP contribution in [0, 0.1) is 51.0 Å². The van der Waals surface area contributed by atoms with Gasteiger partial charge >= 0.3 is 24.1 Å². The van der Waals surface area contributed by atoms with Crippen LogP contribution in [0.25, 0.3) is 111 Å². The van der Waals surface area contributed by atoms with E-state index in [2.05, 4.69) is 91.0 Å². The number of rotatable bonds is 12. The molecule has 0 bridgehead atoms. The van der Waals surface area contributed by atoms with Crippen LogP contribution in [0.4, 0.5) is 60.5 Å². The van der Waals surface area contributed by atoms with E-state index < -0.39 is 0 Å². The molecule has 4 aliphatic rings. The first-order valence-corrected chi connectivity index (χ1v) is 43.3. The lowest BCUT2D eigenvalue weighted by atomic mass is 9.99.